The van der Waals surface area contributed by atoms with E-state index in [1.165, 1.54) is 0 Å². The smallest absolute Gasteiger partial charge is 0.227 e. The first kappa shape index (κ1) is 15.4. The van der Waals surface area contributed by atoms with Gasteiger partial charge in [-0.1, -0.05) is 20.8 Å². The lowest BCUT2D eigenvalue weighted by Gasteiger charge is -2.28. The molecule has 2 atom stereocenters. The van der Waals surface area contributed by atoms with Crippen LogP contribution >= 0.6 is 0 Å². The van der Waals surface area contributed by atoms with Crippen LogP contribution in [-0.4, -0.2) is 30.2 Å². The molecular formula is C12H26N2O2. The van der Waals surface area contributed by atoms with Gasteiger partial charge in [-0.3, -0.25) is 4.79 Å². The quantitative estimate of drug-likeness (QED) is 0.608. The van der Waals surface area contributed by atoms with Crippen molar-refractivity contribution >= 4 is 5.91 Å². The van der Waals surface area contributed by atoms with Gasteiger partial charge in [-0.15, -0.1) is 0 Å². The highest BCUT2D eigenvalue weighted by atomic mass is 16.3. The number of hydrogen-bond donors (Lipinski definition) is 3. The average Bonchev–Trinajstić information content (AvgIpc) is 2.26. The summed E-state index contributed by atoms with van der Waals surface area (Å²) in [6.07, 6.45) is 1.49. The number of hydrogen-bond acceptors (Lipinski definition) is 3. The highest BCUT2D eigenvalue weighted by molar-refractivity contribution is 5.82. The number of carbonyl (C=O) groups excluding carboxylic acids is 1. The van der Waals surface area contributed by atoms with Gasteiger partial charge in [-0.2, -0.15) is 0 Å². The summed E-state index contributed by atoms with van der Waals surface area (Å²) in [5.41, 5.74) is 5.09. The lowest BCUT2D eigenvalue weighted by molar-refractivity contribution is -0.131. The van der Waals surface area contributed by atoms with Crippen LogP contribution in [0.2, 0.25) is 0 Å². The molecule has 4 heteroatoms. The Morgan fingerprint density at radius 3 is 2.38 bits per heavy atom. The number of nitrogens with two attached hydrogens (primary N) is 1. The maximum absolute atomic E-state index is 12.0. The molecule has 0 saturated carbocycles. The predicted molar refractivity (Wildman–Crippen MR) is 65.9 cm³/mol. The summed E-state index contributed by atoms with van der Waals surface area (Å²) in [6.45, 7) is 8.24. The van der Waals surface area contributed by atoms with Crippen LogP contribution < -0.4 is 11.1 Å². The molecule has 96 valence electrons. The van der Waals surface area contributed by atoms with Gasteiger partial charge in [0.1, 0.15) is 0 Å². The molecule has 0 aliphatic rings. The summed E-state index contributed by atoms with van der Waals surface area (Å²) < 4.78 is 0. The van der Waals surface area contributed by atoms with Crippen molar-refractivity contribution in [2.45, 2.75) is 46.6 Å². The molecule has 2 unspecified atom stereocenters. The number of amides is 1. The lowest BCUT2D eigenvalue weighted by Crippen LogP contribution is -2.48. The standard InChI is InChI=1S/C12H26N2O2/c1-5-12(4,8-13)11(16)14-10(7-15)6-9(2)3/h9-10,15H,5-8,13H2,1-4H3,(H,14,16). The van der Waals surface area contributed by atoms with E-state index in [4.69, 9.17) is 5.73 Å². The van der Waals surface area contributed by atoms with Crippen molar-refractivity contribution in [1.29, 1.82) is 0 Å². The van der Waals surface area contributed by atoms with Crippen molar-refractivity contribution in [1.82, 2.24) is 5.32 Å². The zero-order chi connectivity index (χ0) is 12.8. The largest absolute Gasteiger partial charge is 0.394 e. The van der Waals surface area contributed by atoms with Crippen LogP contribution in [0.5, 0.6) is 0 Å². The SMILES string of the molecule is CCC(C)(CN)C(=O)NC(CO)CC(C)C. The molecule has 1 amide bonds. The van der Waals surface area contributed by atoms with E-state index in [9.17, 15) is 9.90 Å². The topological polar surface area (TPSA) is 75.4 Å². The summed E-state index contributed by atoms with van der Waals surface area (Å²) in [4.78, 5) is 12.0. The fourth-order valence-corrected chi connectivity index (χ4v) is 1.51. The Morgan fingerprint density at radius 2 is 2.06 bits per heavy atom. The minimum absolute atomic E-state index is 0.0196. The van der Waals surface area contributed by atoms with E-state index in [0.717, 1.165) is 6.42 Å². The second-order valence-corrected chi connectivity index (χ2v) is 5.10. The fraction of sp³-hybridized carbons (Fsp3) is 0.917. The number of aliphatic hydroxyl groups excluding tert-OH is 1. The monoisotopic (exact) mass is 230 g/mol. The number of aliphatic hydroxyl groups is 1. The molecule has 0 rings (SSSR count). The van der Waals surface area contributed by atoms with Crippen LogP contribution in [0.25, 0.3) is 0 Å². The third-order valence-electron chi connectivity index (χ3n) is 3.09. The first-order valence-electron chi connectivity index (χ1n) is 6.01. The summed E-state index contributed by atoms with van der Waals surface area (Å²) in [6, 6.07) is -0.162. The van der Waals surface area contributed by atoms with Crippen LogP contribution in [0.15, 0.2) is 0 Å². The molecule has 0 heterocycles. The molecule has 0 aromatic rings. The average molecular weight is 230 g/mol. The second-order valence-electron chi connectivity index (χ2n) is 5.10. The van der Waals surface area contributed by atoms with E-state index >= 15 is 0 Å². The molecule has 0 spiro atoms. The van der Waals surface area contributed by atoms with E-state index in [1.54, 1.807) is 0 Å². The molecule has 0 fully saturated rings. The first-order chi connectivity index (χ1) is 7.39. The minimum Gasteiger partial charge on any atom is -0.394 e. The lowest BCUT2D eigenvalue weighted by atomic mass is 9.86. The van der Waals surface area contributed by atoms with Gasteiger partial charge in [0.05, 0.1) is 18.1 Å². The molecule has 0 radical (unpaired) electrons. The van der Waals surface area contributed by atoms with Gasteiger partial charge < -0.3 is 16.2 Å². The van der Waals surface area contributed by atoms with E-state index in [2.05, 4.69) is 19.2 Å². The molecule has 16 heavy (non-hydrogen) atoms. The van der Waals surface area contributed by atoms with Gasteiger partial charge in [-0.05, 0) is 25.7 Å². The summed E-state index contributed by atoms with van der Waals surface area (Å²) in [5.74, 6) is 0.389. The highest BCUT2D eigenvalue weighted by Crippen LogP contribution is 2.19. The van der Waals surface area contributed by atoms with Gasteiger partial charge in [0.15, 0.2) is 0 Å². The maximum atomic E-state index is 12.0. The zero-order valence-electron chi connectivity index (χ0n) is 10.9. The number of carbonyl (C=O) groups is 1. The Bertz CT molecular complexity index is 213. The molecule has 4 nitrogen and oxygen atoms in total. The zero-order valence-corrected chi connectivity index (χ0v) is 10.9. The van der Waals surface area contributed by atoms with Gasteiger partial charge in [0, 0.05) is 6.54 Å². The van der Waals surface area contributed by atoms with Gasteiger partial charge in [-0.25, -0.2) is 0 Å². The number of rotatable bonds is 7. The minimum atomic E-state index is -0.523. The number of nitrogens with one attached hydrogen (secondary N) is 1. The van der Waals surface area contributed by atoms with E-state index in [1.807, 2.05) is 13.8 Å². The Kier molecular flexibility index (Phi) is 6.60. The summed E-state index contributed by atoms with van der Waals surface area (Å²) in [5, 5.41) is 12.1. The predicted octanol–water partition coefficient (Wildman–Crippen LogP) is 0.885. The van der Waals surface area contributed by atoms with Crippen molar-refractivity contribution in [3.63, 3.8) is 0 Å². The molecule has 0 aromatic carbocycles. The van der Waals surface area contributed by atoms with Crippen molar-refractivity contribution in [2.24, 2.45) is 17.1 Å². The van der Waals surface area contributed by atoms with Gasteiger partial charge in [0.2, 0.25) is 5.91 Å². The maximum Gasteiger partial charge on any atom is 0.227 e. The Morgan fingerprint density at radius 1 is 1.50 bits per heavy atom. The van der Waals surface area contributed by atoms with Gasteiger partial charge in [0.25, 0.3) is 0 Å². The molecule has 0 aromatic heterocycles. The van der Waals surface area contributed by atoms with Crippen LogP contribution in [0, 0.1) is 11.3 Å². The third-order valence-corrected chi connectivity index (χ3v) is 3.09. The Labute approximate surface area is 98.6 Å². The molecule has 0 bridgehead atoms. The van der Waals surface area contributed by atoms with Crippen LogP contribution in [0.3, 0.4) is 0 Å². The molecule has 0 aliphatic carbocycles. The molecular weight excluding hydrogens is 204 g/mol. The van der Waals surface area contributed by atoms with Gasteiger partial charge >= 0.3 is 0 Å². The molecule has 0 saturated heterocycles. The van der Waals surface area contributed by atoms with Crippen molar-refractivity contribution in [3.05, 3.63) is 0 Å². The fourth-order valence-electron chi connectivity index (χ4n) is 1.51. The third kappa shape index (κ3) is 4.49. The van der Waals surface area contributed by atoms with Crippen molar-refractivity contribution < 1.29 is 9.90 Å². The first-order valence-corrected chi connectivity index (χ1v) is 6.01. The van der Waals surface area contributed by atoms with Crippen LogP contribution in [-0.2, 0) is 4.79 Å². The van der Waals surface area contributed by atoms with Crippen LogP contribution in [0.1, 0.15) is 40.5 Å². The van der Waals surface area contributed by atoms with Crippen molar-refractivity contribution in [2.75, 3.05) is 13.2 Å². The molecule has 0 aliphatic heterocycles. The summed E-state index contributed by atoms with van der Waals surface area (Å²) in [7, 11) is 0. The van der Waals surface area contributed by atoms with Crippen molar-refractivity contribution in [3.8, 4) is 0 Å². The summed E-state index contributed by atoms with van der Waals surface area (Å²) >= 11 is 0. The van der Waals surface area contributed by atoms with E-state index in [-0.39, 0.29) is 18.6 Å². The van der Waals surface area contributed by atoms with E-state index in [0.29, 0.717) is 18.9 Å². The highest BCUT2D eigenvalue weighted by Gasteiger charge is 2.30. The Balaban J connectivity index is 4.39. The normalized spacial score (nSPS) is 16.9. The Hall–Kier alpha value is -0.610. The molecule has 4 N–H and O–H groups in total. The van der Waals surface area contributed by atoms with Crippen LogP contribution in [0.4, 0.5) is 0 Å². The second kappa shape index (κ2) is 6.86. The van der Waals surface area contributed by atoms with E-state index < -0.39 is 5.41 Å².